The van der Waals surface area contributed by atoms with E-state index >= 15 is 0 Å². The average Bonchev–Trinajstić information content (AvgIpc) is 2.67. The second-order valence-electron chi connectivity index (χ2n) is 7.83. The molecule has 2 N–H and O–H groups in total. The first-order valence-corrected chi connectivity index (χ1v) is 9.64. The van der Waals surface area contributed by atoms with Crippen LogP contribution in [0.25, 0.3) is 0 Å². The van der Waals surface area contributed by atoms with Crippen LogP contribution in [0.15, 0.2) is 29.1 Å². The Bertz CT molecular complexity index is 1000. The Kier molecular flexibility index (Phi) is 4.63. The molecule has 1 saturated heterocycles. The average molecular weight is 377 g/mol. The van der Waals surface area contributed by atoms with Gasteiger partial charge in [0.05, 0.1) is 11.6 Å². The van der Waals surface area contributed by atoms with Crippen molar-refractivity contribution in [2.45, 2.75) is 32.6 Å². The molecule has 0 radical (unpaired) electrons. The number of nitriles is 1. The molecule has 0 bridgehead atoms. The third kappa shape index (κ3) is 3.15. The number of hydrogen-bond donors (Lipinski definition) is 2. The number of rotatable bonds is 2. The maximum Gasteiger partial charge on any atom is 0.258 e. The Labute approximate surface area is 163 Å². The van der Waals surface area contributed by atoms with Gasteiger partial charge in [-0.2, -0.15) is 10.2 Å². The first-order chi connectivity index (χ1) is 13.5. The molecule has 0 aliphatic carbocycles. The highest BCUT2D eigenvalue weighted by Crippen LogP contribution is 2.38. The summed E-state index contributed by atoms with van der Waals surface area (Å²) in [5.41, 5.74) is 1.88. The van der Waals surface area contributed by atoms with E-state index in [1.54, 1.807) is 0 Å². The van der Waals surface area contributed by atoms with Crippen LogP contribution in [0, 0.1) is 30.1 Å². The van der Waals surface area contributed by atoms with E-state index in [1.165, 1.54) is 0 Å². The standard InChI is InChI=1S/C21H23N5O2/c1-12-5-7-14(8-6-12)16-15(10-22)19(27)23-18-17(16)20(28)25-21(24-18)26-9-3-4-13(2)11-26/h5-8,13,15-16H,3-4,9,11H2,1-2H3,(H2,23,24,25,27,28). The zero-order chi connectivity index (χ0) is 19.8. The highest BCUT2D eigenvalue weighted by atomic mass is 16.2. The Morgan fingerprint density at radius 3 is 2.68 bits per heavy atom. The van der Waals surface area contributed by atoms with Crippen molar-refractivity contribution in [3.05, 3.63) is 51.3 Å². The number of hydrogen-bond acceptors (Lipinski definition) is 5. The van der Waals surface area contributed by atoms with E-state index in [4.69, 9.17) is 0 Å². The number of benzene rings is 1. The van der Waals surface area contributed by atoms with E-state index in [-0.39, 0.29) is 11.4 Å². The van der Waals surface area contributed by atoms with E-state index in [1.807, 2.05) is 31.2 Å². The van der Waals surface area contributed by atoms with Gasteiger partial charge in [0.15, 0.2) is 0 Å². The summed E-state index contributed by atoms with van der Waals surface area (Å²) in [5, 5.41) is 12.3. The van der Waals surface area contributed by atoms with Crippen molar-refractivity contribution in [1.29, 1.82) is 5.26 Å². The van der Waals surface area contributed by atoms with Gasteiger partial charge < -0.3 is 10.2 Å². The van der Waals surface area contributed by atoms with Gasteiger partial charge in [-0.3, -0.25) is 14.6 Å². The first kappa shape index (κ1) is 18.2. The zero-order valence-corrected chi connectivity index (χ0v) is 16.0. The lowest BCUT2D eigenvalue weighted by molar-refractivity contribution is -0.119. The van der Waals surface area contributed by atoms with Crippen LogP contribution in [0.5, 0.6) is 0 Å². The van der Waals surface area contributed by atoms with Crippen molar-refractivity contribution in [1.82, 2.24) is 9.97 Å². The largest absolute Gasteiger partial charge is 0.342 e. The lowest BCUT2D eigenvalue weighted by Crippen LogP contribution is -2.41. The van der Waals surface area contributed by atoms with Crippen LogP contribution in [0.3, 0.4) is 0 Å². The number of carbonyl (C=O) groups excluding carboxylic acids is 1. The number of aromatic amines is 1. The van der Waals surface area contributed by atoms with Crippen LogP contribution in [-0.2, 0) is 4.79 Å². The molecule has 3 atom stereocenters. The van der Waals surface area contributed by atoms with Crippen molar-refractivity contribution >= 4 is 17.7 Å². The molecule has 4 rings (SSSR count). The maximum absolute atomic E-state index is 13.0. The minimum atomic E-state index is -0.973. The molecule has 0 saturated carbocycles. The summed E-state index contributed by atoms with van der Waals surface area (Å²) in [6, 6.07) is 9.64. The van der Waals surface area contributed by atoms with Crippen molar-refractivity contribution in [2.24, 2.45) is 11.8 Å². The minimum Gasteiger partial charge on any atom is -0.342 e. The molecule has 7 nitrogen and oxygen atoms in total. The molecule has 3 unspecified atom stereocenters. The van der Waals surface area contributed by atoms with Gasteiger partial charge in [-0.25, -0.2) is 0 Å². The second-order valence-corrected chi connectivity index (χ2v) is 7.83. The molecule has 1 amide bonds. The molecule has 2 aromatic rings. The highest BCUT2D eigenvalue weighted by molar-refractivity contribution is 5.97. The summed E-state index contributed by atoms with van der Waals surface area (Å²) in [5.74, 6) is -0.767. The summed E-state index contributed by atoms with van der Waals surface area (Å²) in [6.07, 6.45) is 2.19. The number of carbonyl (C=O) groups is 1. The topological polar surface area (TPSA) is 102 Å². The summed E-state index contributed by atoms with van der Waals surface area (Å²) < 4.78 is 0. The Morgan fingerprint density at radius 1 is 1.25 bits per heavy atom. The SMILES string of the molecule is Cc1ccc(C2c3c(nc(N4CCCC(C)C4)[nH]c3=O)NC(=O)C2C#N)cc1. The maximum atomic E-state index is 13.0. The Hall–Kier alpha value is -3.14. The van der Waals surface area contributed by atoms with Gasteiger partial charge >= 0.3 is 0 Å². The van der Waals surface area contributed by atoms with Gasteiger partial charge in [0, 0.05) is 19.0 Å². The number of fused-ring (bicyclic) bond motifs is 1. The second kappa shape index (κ2) is 7.12. The van der Waals surface area contributed by atoms with Gasteiger partial charge in [0.1, 0.15) is 11.7 Å². The number of nitrogens with one attached hydrogen (secondary N) is 2. The predicted molar refractivity (Wildman–Crippen MR) is 106 cm³/mol. The first-order valence-electron chi connectivity index (χ1n) is 9.64. The predicted octanol–water partition coefficient (Wildman–Crippen LogP) is 2.54. The molecule has 28 heavy (non-hydrogen) atoms. The molecule has 2 aliphatic heterocycles. The lowest BCUT2D eigenvalue weighted by Gasteiger charge is -2.33. The Morgan fingerprint density at radius 2 is 2.00 bits per heavy atom. The van der Waals surface area contributed by atoms with Crippen LogP contribution in [0.4, 0.5) is 11.8 Å². The third-order valence-corrected chi connectivity index (χ3v) is 5.64. The number of aryl methyl sites for hydroxylation is 1. The van der Waals surface area contributed by atoms with Crippen LogP contribution in [0.1, 0.15) is 42.4 Å². The van der Waals surface area contributed by atoms with Crippen molar-refractivity contribution in [2.75, 3.05) is 23.3 Å². The summed E-state index contributed by atoms with van der Waals surface area (Å²) in [4.78, 5) is 35.2. The summed E-state index contributed by atoms with van der Waals surface area (Å²) >= 11 is 0. The fourth-order valence-electron chi connectivity index (χ4n) is 4.16. The van der Waals surface area contributed by atoms with E-state index in [0.29, 0.717) is 17.4 Å². The zero-order valence-electron chi connectivity index (χ0n) is 16.0. The van der Waals surface area contributed by atoms with Gasteiger partial charge in [0.25, 0.3) is 5.56 Å². The smallest absolute Gasteiger partial charge is 0.258 e. The molecule has 3 heterocycles. The third-order valence-electron chi connectivity index (χ3n) is 5.64. The number of nitrogens with zero attached hydrogens (tertiary/aromatic N) is 3. The molecule has 1 aromatic heterocycles. The molecule has 0 spiro atoms. The fraction of sp³-hybridized carbons (Fsp3) is 0.429. The molecule has 2 aliphatic rings. The van der Waals surface area contributed by atoms with E-state index in [0.717, 1.165) is 37.1 Å². The molecular formula is C21H23N5O2. The van der Waals surface area contributed by atoms with Gasteiger partial charge in [0.2, 0.25) is 11.9 Å². The Balaban J connectivity index is 1.82. The van der Waals surface area contributed by atoms with E-state index in [2.05, 4.69) is 33.2 Å². The van der Waals surface area contributed by atoms with Gasteiger partial charge in [-0.15, -0.1) is 0 Å². The fourth-order valence-corrected chi connectivity index (χ4v) is 4.16. The minimum absolute atomic E-state index is 0.263. The van der Waals surface area contributed by atoms with E-state index in [9.17, 15) is 14.9 Å². The molecule has 1 fully saturated rings. The number of anilines is 2. The number of aromatic nitrogens is 2. The van der Waals surface area contributed by atoms with Crippen molar-refractivity contribution in [3.63, 3.8) is 0 Å². The number of amides is 1. The normalized spacial score (nSPS) is 24.2. The molecule has 7 heteroatoms. The summed E-state index contributed by atoms with van der Waals surface area (Å²) in [7, 11) is 0. The van der Waals surface area contributed by atoms with Crippen molar-refractivity contribution in [3.8, 4) is 6.07 Å². The van der Waals surface area contributed by atoms with Crippen LogP contribution < -0.4 is 15.8 Å². The monoisotopic (exact) mass is 377 g/mol. The van der Waals surface area contributed by atoms with Crippen LogP contribution in [-0.4, -0.2) is 29.0 Å². The van der Waals surface area contributed by atoms with Crippen LogP contribution in [0.2, 0.25) is 0 Å². The van der Waals surface area contributed by atoms with Gasteiger partial charge in [-0.05, 0) is 31.2 Å². The summed E-state index contributed by atoms with van der Waals surface area (Å²) in [6.45, 7) is 5.78. The van der Waals surface area contributed by atoms with E-state index < -0.39 is 17.7 Å². The van der Waals surface area contributed by atoms with Crippen LogP contribution >= 0.6 is 0 Å². The van der Waals surface area contributed by atoms with Crippen molar-refractivity contribution < 1.29 is 4.79 Å². The molecule has 1 aromatic carbocycles. The molecular weight excluding hydrogens is 354 g/mol. The highest BCUT2D eigenvalue weighted by Gasteiger charge is 2.40. The quantitative estimate of drug-likeness (QED) is 0.837. The lowest BCUT2D eigenvalue weighted by atomic mass is 9.79. The number of H-pyrrole nitrogens is 1. The van der Waals surface area contributed by atoms with Gasteiger partial charge in [-0.1, -0.05) is 36.8 Å². The molecule has 144 valence electrons. The number of piperidine rings is 1.